The second-order valence-corrected chi connectivity index (χ2v) is 4.21. The van der Waals surface area contributed by atoms with E-state index >= 15 is 0 Å². The van der Waals surface area contributed by atoms with E-state index < -0.39 is 0 Å². The maximum absolute atomic E-state index is 8.92. The van der Waals surface area contributed by atoms with Crippen LogP contribution in [-0.2, 0) is 0 Å². The zero-order chi connectivity index (χ0) is 9.03. The van der Waals surface area contributed by atoms with Crippen LogP contribution < -0.4 is 5.32 Å². The number of hydrogen-bond donors (Lipinski definition) is 2. The Morgan fingerprint density at radius 2 is 2.17 bits per heavy atom. The predicted octanol–water partition coefficient (Wildman–Crippen LogP) is 1.54. The molecule has 0 amide bonds. The van der Waals surface area contributed by atoms with Crippen molar-refractivity contribution in [2.45, 2.75) is 45.1 Å². The number of nitrogens with one attached hydrogen (secondary N) is 1. The third kappa shape index (κ3) is 3.11. The Morgan fingerprint density at radius 1 is 1.50 bits per heavy atom. The van der Waals surface area contributed by atoms with Gasteiger partial charge in [0.1, 0.15) is 0 Å². The third-order valence-corrected chi connectivity index (χ3v) is 2.70. The van der Waals surface area contributed by atoms with Crippen LogP contribution in [0.15, 0.2) is 0 Å². The Morgan fingerprint density at radius 3 is 2.58 bits per heavy atom. The van der Waals surface area contributed by atoms with Crippen molar-refractivity contribution in [2.75, 3.05) is 13.2 Å². The van der Waals surface area contributed by atoms with Gasteiger partial charge in [-0.05, 0) is 32.2 Å². The van der Waals surface area contributed by atoms with E-state index in [1.807, 2.05) is 0 Å². The molecule has 2 nitrogen and oxygen atoms in total. The summed E-state index contributed by atoms with van der Waals surface area (Å²) in [7, 11) is 0. The summed E-state index contributed by atoms with van der Waals surface area (Å²) in [5, 5.41) is 12.4. The number of hydrogen-bond acceptors (Lipinski definition) is 2. The minimum Gasteiger partial charge on any atom is -0.396 e. The van der Waals surface area contributed by atoms with Gasteiger partial charge < -0.3 is 10.4 Å². The van der Waals surface area contributed by atoms with Crippen molar-refractivity contribution in [3.63, 3.8) is 0 Å². The molecule has 2 heteroatoms. The molecule has 1 fully saturated rings. The molecule has 1 saturated carbocycles. The monoisotopic (exact) mass is 171 g/mol. The highest BCUT2D eigenvalue weighted by atomic mass is 16.3. The first-order valence-electron chi connectivity index (χ1n) is 5.06. The van der Waals surface area contributed by atoms with Crippen molar-refractivity contribution in [3.8, 4) is 0 Å². The highest BCUT2D eigenvalue weighted by molar-refractivity contribution is 4.89. The Balaban J connectivity index is 2.32. The van der Waals surface area contributed by atoms with Gasteiger partial charge >= 0.3 is 0 Å². The molecule has 0 bridgehead atoms. The van der Waals surface area contributed by atoms with E-state index in [1.165, 1.54) is 19.3 Å². The van der Waals surface area contributed by atoms with Gasteiger partial charge in [-0.15, -0.1) is 0 Å². The maximum atomic E-state index is 8.92. The third-order valence-electron chi connectivity index (χ3n) is 2.70. The number of rotatable bonds is 6. The minimum atomic E-state index is 0.185. The number of aliphatic hydroxyl groups is 1. The summed E-state index contributed by atoms with van der Waals surface area (Å²) in [6.07, 6.45) is 4.91. The normalized spacial score (nSPS) is 22.2. The van der Waals surface area contributed by atoms with E-state index in [1.54, 1.807) is 0 Å². The lowest BCUT2D eigenvalue weighted by Gasteiger charge is -2.30. The van der Waals surface area contributed by atoms with Crippen LogP contribution in [0.2, 0.25) is 0 Å². The van der Waals surface area contributed by atoms with Gasteiger partial charge in [0.15, 0.2) is 0 Å². The molecule has 1 aliphatic carbocycles. The van der Waals surface area contributed by atoms with Gasteiger partial charge in [0.25, 0.3) is 0 Å². The summed E-state index contributed by atoms with van der Waals surface area (Å²) in [5.41, 5.74) is 0.185. The molecule has 0 aliphatic heterocycles. The van der Waals surface area contributed by atoms with Crippen molar-refractivity contribution in [1.82, 2.24) is 5.32 Å². The van der Waals surface area contributed by atoms with Gasteiger partial charge in [-0.2, -0.15) is 0 Å². The van der Waals surface area contributed by atoms with Crippen LogP contribution in [0.1, 0.15) is 39.5 Å². The van der Waals surface area contributed by atoms with E-state index in [0.717, 1.165) is 18.9 Å². The van der Waals surface area contributed by atoms with Gasteiger partial charge in [-0.3, -0.25) is 0 Å². The molecular formula is C10H21NO. The summed E-state index contributed by atoms with van der Waals surface area (Å²) in [5.74, 6) is 0.931. The second kappa shape index (κ2) is 4.24. The summed E-state index contributed by atoms with van der Waals surface area (Å²) < 4.78 is 0. The van der Waals surface area contributed by atoms with Gasteiger partial charge in [0, 0.05) is 12.1 Å². The van der Waals surface area contributed by atoms with Crippen molar-refractivity contribution in [2.24, 2.45) is 5.92 Å². The fraction of sp³-hybridized carbons (Fsp3) is 1.00. The molecule has 0 aromatic rings. The lowest BCUT2D eigenvalue weighted by Crippen LogP contribution is -2.43. The average molecular weight is 171 g/mol. The average Bonchev–Trinajstić information content (AvgIpc) is 2.72. The molecule has 12 heavy (non-hydrogen) atoms. The zero-order valence-electron chi connectivity index (χ0n) is 8.27. The van der Waals surface area contributed by atoms with Gasteiger partial charge in [-0.1, -0.05) is 19.8 Å². The fourth-order valence-electron chi connectivity index (χ4n) is 1.90. The van der Waals surface area contributed by atoms with Crippen LogP contribution in [0.25, 0.3) is 0 Å². The molecule has 1 atom stereocenters. The molecule has 0 saturated heterocycles. The van der Waals surface area contributed by atoms with Crippen LogP contribution >= 0.6 is 0 Å². The lowest BCUT2D eigenvalue weighted by atomic mass is 9.91. The highest BCUT2D eigenvalue weighted by Gasteiger charge is 2.32. The van der Waals surface area contributed by atoms with E-state index in [-0.39, 0.29) is 5.54 Å². The zero-order valence-corrected chi connectivity index (χ0v) is 8.27. The molecule has 72 valence electrons. The van der Waals surface area contributed by atoms with E-state index in [4.69, 9.17) is 5.11 Å². The summed E-state index contributed by atoms with van der Waals surface area (Å²) in [4.78, 5) is 0. The summed E-state index contributed by atoms with van der Waals surface area (Å²) in [6.45, 7) is 5.66. The van der Waals surface area contributed by atoms with Crippen LogP contribution in [0.4, 0.5) is 0 Å². The second-order valence-electron chi connectivity index (χ2n) is 4.21. The molecular weight excluding hydrogens is 150 g/mol. The van der Waals surface area contributed by atoms with E-state index in [0.29, 0.717) is 6.61 Å². The van der Waals surface area contributed by atoms with Crippen LogP contribution in [-0.4, -0.2) is 23.8 Å². The number of aliphatic hydroxyl groups excluding tert-OH is 1. The molecule has 0 aromatic carbocycles. The molecule has 1 aliphatic rings. The van der Waals surface area contributed by atoms with Gasteiger partial charge in [-0.25, -0.2) is 0 Å². The summed E-state index contributed by atoms with van der Waals surface area (Å²) >= 11 is 0. The molecule has 0 aromatic heterocycles. The van der Waals surface area contributed by atoms with Gasteiger partial charge in [0.2, 0.25) is 0 Å². The smallest absolute Gasteiger partial charge is 0.0448 e. The summed E-state index contributed by atoms with van der Waals surface area (Å²) in [6, 6.07) is 0. The molecule has 0 radical (unpaired) electrons. The standard InChI is InChI=1S/C10H21NO/c1-3-11-10(2,6-7-12)8-9-4-5-9/h9,11-12H,3-8H2,1-2H3. The van der Waals surface area contributed by atoms with Crippen LogP contribution in [0.5, 0.6) is 0 Å². The van der Waals surface area contributed by atoms with Crippen molar-refractivity contribution in [3.05, 3.63) is 0 Å². The van der Waals surface area contributed by atoms with Crippen LogP contribution in [0, 0.1) is 5.92 Å². The first kappa shape index (κ1) is 10.0. The largest absolute Gasteiger partial charge is 0.396 e. The maximum Gasteiger partial charge on any atom is 0.0448 e. The lowest BCUT2D eigenvalue weighted by molar-refractivity contribution is 0.208. The molecule has 0 spiro atoms. The highest BCUT2D eigenvalue weighted by Crippen LogP contribution is 2.37. The SMILES string of the molecule is CCNC(C)(CCO)CC1CC1. The molecule has 2 N–H and O–H groups in total. The Kier molecular flexibility index (Phi) is 3.53. The van der Waals surface area contributed by atoms with Crippen molar-refractivity contribution in [1.29, 1.82) is 0 Å². The molecule has 1 unspecified atom stereocenters. The first-order chi connectivity index (χ1) is 5.70. The van der Waals surface area contributed by atoms with E-state index in [9.17, 15) is 0 Å². The molecule has 0 heterocycles. The minimum absolute atomic E-state index is 0.185. The Bertz CT molecular complexity index is 126. The Labute approximate surface area is 75.4 Å². The van der Waals surface area contributed by atoms with E-state index in [2.05, 4.69) is 19.2 Å². The first-order valence-corrected chi connectivity index (χ1v) is 5.06. The predicted molar refractivity (Wildman–Crippen MR) is 51.1 cm³/mol. The van der Waals surface area contributed by atoms with Gasteiger partial charge in [0.05, 0.1) is 0 Å². The topological polar surface area (TPSA) is 32.3 Å². The van der Waals surface area contributed by atoms with Crippen molar-refractivity contribution < 1.29 is 5.11 Å². The fourth-order valence-corrected chi connectivity index (χ4v) is 1.90. The quantitative estimate of drug-likeness (QED) is 0.635. The molecule has 1 rings (SSSR count). The van der Waals surface area contributed by atoms with Crippen molar-refractivity contribution >= 4 is 0 Å². The Hall–Kier alpha value is -0.0800. The van der Waals surface area contributed by atoms with Crippen LogP contribution in [0.3, 0.4) is 0 Å².